The van der Waals surface area contributed by atoms with Crippen LogP contribution in [-0.2, 0) is 14.3 Å². The molecule has 3 heterocycles. The van der Waals surface area contributed by atoms with Gasteiger partial charge in [-0.1, -0.05) is 24.0 Å². The molecule has 1 amide bonds. The number of thiophene rings is 2. The van der Waals surface area contributed by atoms with E-state index in [0.717, 1.165) is 11.4 Å². The number of carbonyl (C=O) groups is 1. The second kappa shape index (κ2) is 10.1. The average Bonchev–Trinajstić information content (AvgIpc) is 3.30. The smallest absolute Gasteiger partial charge is 0.265 e. The number of thiocarbonyl (C=S) groups is 1. The quantitative estimate of drug-likeness (QED) is 0.333. The molecule has 2 aromatic heterocycles. The maximum absolute atomic E-state index is 12.1. The van der Waals surface area contributed by atoms with Crippen LogP contribution in [0.5, 0.6) is 0 Å². The van der Waals surface area contributed by atoms with Gasteiger partial charge < -0.3 is 19.5 Å². The Labute approximate surface area is 181 Å². The molecule has 28 heavy (non-hydrogen) atoms. The normalized spacial score (nSPS) is 16.1. The Morgan fingerprint density at radius 2 is 1.89 bits per heavy atom. The molecule has 1 aliphatic heterocycles. The van der Waals surface area contributed by atoms with Crippen LogP contribution in [0.4, 0.5) is 5.00 Å². The fourth-order valence-electron chi connectivity index (χ4n) is 2.47. The summed E-state index contributed by atoms with van der Waals surface area (Å²) < 4.78 is 13.7. The lowest BCUT2D eigenvalue weighted by atomic mass is 10.4. The molecule has 0 aromatic carbocycles. The first-order chi connectivity index (χ1) is 13.5. The van der Waals surface area contributed by atoms with E-state index in [-0.39, 0.29) is 12.5 Å². The third-order valence-corrected chi connectivity index (χ3v) is 7.87. The second-order valence-electron chi connectivity index (χ2n) is 6.07. The van der Waals surface area contributed by atoms with Crippen LogP contribution in [-0.4, -0.2) is 73.9 Å². The molecule has 1 aliphatic rings. The van der Waals surface area contributed by atoms with E-state index >= 15 is 0 Å². The monoisotopic (exact) mass is 458 g/mol. The van der Waals surface area contributed by atoms with Crippen LogP contribution in [0.3, 0.4) is 0 Å². The summed E-state index contributed by atoms with van der Waals surface area (Å²) in [6.07, 6.45) is 1.93. The van der Waals surface area contributed by atoms with E-state index in [0.29, 0.717) is 35.7 Å². The molecule has 0 saturated carbocycles. The van der Waals surface area contributed by atoms with Crippen LogP contribution in [0.25, 0.3) is 15.5 Å². The summed E-state index contributed by atoms with van der Waals surface area (Å²) in [5.41, 5.74) is 0. The van der Waals surface area contributed by atoms with Gasteiger partial charge in [-0.25, -0.2) is 0 Å². The lowest BCUT2D eigenvalue weighted by molar-refractivity contribution is -0.121. The van der Waals surface area contributed by atoms with Gasteiger partial charge in [0.15, 0.2) is 0 Å². The summed E-state index contributed by atoms with van der Waals surface area (Å²) in [5, 5.41) is 9.82. The number of likely N-dealkylation sites (N-methyl/N-ethyl adjacent to an activating group) is 2. The molecule has 0 aliphatic carbocycles. The predicted molar refractivity (Wildman–Crippen MR) is 123 cm³/mol. The highest BCUT2D eigenvalue weighted by Gasteiger charge is 2.28. The van der Waals surface area contributed by atoms with E-state index in [9.17, 15) is 4.79 Å². The zero-order valence-electron chi connectivity index (χ0n) is 15.7. The fraction of sp³-hybridized carbons (Fsp3) is 0.444. The van der Waals surface area contributed by atoms with Gasteiger partial charge in [0.1, 0.15) is 4.32 Å². The highest BCUT2D eigenvalue weighted by Crippen LogP contribution is 2.39. The van der Waals surface area contributed by atoms with Crippen molar-refractivity contribution in [3.8, 4) is 0 Å². The Morgan fingerprint density at radius 1 is 1.18 bits per heavy atom. The number of hydrogen-bond acceptors (Lipinski definition) is 9. The van der Waals surface area contributed by atoms with Crippen molar-refractivity contribution < 1.29 is 19.4 Å². The Bertz CT molecular complexity index is 845. The maximum Gasteiger partial charge on any atom is 0.265 e. The predicted octanol–water partition coefficient (Wildman–Crippen LogP) is 3.26. The Balaban J connectivity index is 1.54. The number of ether oxygens (including phenoxy) is 2. The molecular weight excluding hydrogens is 436 g/mol. The van der Waals surface area contributed by atoms with Gasteiger partial charge in [0, 0.05) is 34.9 Å². The molecule has 0 bridgehead atoms. The van der Waals surface area contributed by atoms with E-state index < -0.39 is 0 Å². The van der Waals surface area contributed by atoms with Crippen LogP contribution in [0.2, 0.25) is 0 Å². The maximum atomic E-state index is 12.1. The molecule has 0 spiro atoms. The van der Waals surface area contributed by atoms with Gasteiger partial charge in [0.25, 0.3) is 5.91 Å². The summed E-state index contributed by atoms with van der Waals surface area (Å²) in [5.74, 6) is -0.0334. The number of nitrogens with zero attached hydrogens (tertiary/aromatic N) is 2. The number of rotatable bonds is 10. The molecule has 1 N–H and O–H groups in total. The first-order valence-electron chi connectivity index (χ1n) is 8.72. The van der Waals surface area contributed by atoms with Gasteiger partial charge in [-0.3, -0.25) is 9.69 Å². The summed E-state index contributed by atoms with van der Waals surface area (Å²) in [7, 11) is 3.76. The molecule has 1 saturated heterocycles. The SMILES string of the molecule is CN1C(=O)/C(=C/c2cc3sc(N(C)CCOCCOCCO)cc3s2)SC1=S. The highest BCUT2D eigenvalue weighted by atomic mass is 32.2. The van der Waals surface area contributed by atoms with Crippen molar-refractivity contribution in [1.29, 1.82) is 0 Å². The number of thioether (sulfide) groups is 1. The number of anilines is 1. The largest absolute Gasteiger partial charge is 0.394 e. The Kier molecular flexibility index (Phi) is 7.86. The number of carbonyl (C=O) groups excluding carboxylic acids is 1. The Morgan fingerprint density at radius 3 is 2.54 bits per heavy atom. The minimum atomic E-state index is -0.0334. The molecule has 2 aromatic rings. The van der Waals surface area contributed by atoms with Gasteiger partial charge in [-0.15, -0.1) is 22.7 Å². The number of amides is 1. The molecule has 0 radical (unpaired) electrons. The topological polar surface area (TPSA) is 62.2 Å². The van der Waals surface area contributed by atoms with Gasteiger partial charge >= 0.3 is 0 Å². The standard InChI is InChI=1S/C18H22N2O4S4/c1-19(3-5-23-7-8-24-6-4-21)16-11-14-13(27-16)9-12(26-14)10-15-17(22)20(2)18(25)28-15/h9-11,21H,3-8H2,1-2H3/b15-10-. The van der Waals surface area contributed by atoms with Gasteiger partial charge in [0.05, 0.1) is 42.9 Å². The molecular formula is C18H22N2O4S4. The summed E-state index contributed by atoms with van der Waals surface area (Å²) in [4.78, 5) is 17.6. The highest BCUT2D eigenvalue weighted by molar-refractivity contribution is 8.26. The van der Waals surface area contributed by atoms with E-state index in [2.05, 4.69) is 24.1 Å². The van der Waals surface area contributed by atoms with E-state index in [1.54, 1.807) is 29.7 Å². The van der Waals surface area contributed by atoms with Crippen LogP contribution in [0, 0.1) is 0 Å². The third kappa shape index (κ3) is 5.32. The number of aliphatic hydroxyl groups excluding tert-OH is 1. The van der Waals surface area contributed by atoms with Gasteiger partial charge in [0.2, 0.25) is 0 Å². The summed E-state index contributed by atoms with van der Waals surface area (Å²) >= 11 is 9.94. The Hall–Kier alpha value is -1.01. The van der Waals surface area contributed by atoms with E-state index in [1.165, 1.54) is 31.1 Å². The van der Waals surface area contributed by atoms with Crippen LogP contribution < -0.4 is 4.90 Å². The zero-order valence-corrected chi connectivity index (χ0v) is 18.9. The van der Waals surface area contributed by atoms with Crippen LogP contribution in [0.1, 0.15) is 4.88 Å². The minimum Gasteiger partial charge on any atom is -0.394 e. The first kappa shape index (κ1) is 21.7. The number of aliphatic hydroxyl groups is 1. The molecule has 10 heteroatoms. The lowest BCUT2D eigenvalue weighted by Gasteiger charge is -2.16. The minimum absolute atomic E-state index is 0.0334. The van der Waals surface area contributed by atoms with E-state index in [4.69, 9.17) is 26.8 Å². The molecule has 3 rings (SSSR count). The number of hydrogen-bond donors (Lipinski definition) is 1. The van der Waals surface area contributed by atoms with Crippen LogP contribution in [0.15, 0.2) is 17.0 Å². The zero-order chi connectivity index (χ0) is 20.1. The average molecular weight is 459 g/mol. The van der Waals surface area contributed by atoms with Crippen molar-refractivity contribution in [3.63, 3.8) is 0 Å². The summed E-state index contributed by atoms with van der Waals surface area (Å²) in [6, 6.07) is 4.30. The molecule has 152 valence electrons. The first-order valence-corrected chi connectivity index (χ1v) is 11.6. The summed E-state index contributed by atoms with van der Waals surface area (Å²) in [6.45, 7) is 2.83. The van der Waals surface area contributed by atoms with Gasteiger partial charge in [-0.2, -0.15) is 0 Å². The van der Waals surface area contributed by atoms with Gasteiger partial charge in [-0.05, 0) is 18.2 Å². The van der Waals surface area contributed by atoms with E-state index in [1.807, 2.05) is 6.08 Å². The lowest BCUT2D eigenvalue weighted by Crippen LogP contribution is -2.22. The fourth-order valence-corrected chi connectivity index (χ4v) is 6.05. The molecule has 0 atom stereocenters. The second-order valence-corrected chi connectivity index (χ2v) is 9.93. The molecule has 0 unspecified atom stereocenters. The van der Waals surface area contributed by atoms with Crippen molar-refractivity contribution in [1.82, 2.24) is 4.90 Å². The van der Waals surface area contributed by atoms with Crippen molar-refractivity contribution in [2.75, 3.05) is 58.6 Å². The van der Waals surface area contributed by atoms with Crippen LogP contribution >= 0.6 is 46.7 Å². The van der Waals surface area contributed by atoms with Crippen molar-refractivity contribution in [2.45, 2.75) is 0 Å². The van der Waals surface area contributed by atoms with Crippen molar-refractivity contribution in [3.05, 3.63) is 21.9 Å². The molecule has 1 fully saturated rings. The molecule has 6 nitrogen and oxygen atoms in total. The van der Waals surface area contributed by atoms with Crippen molar-refractivity contribution in [2.24, 2.45) is 0 Å². The number of fused-ring (bicyclic) bond motifs is 1. The van der Waals surface area contributed by atoms with Crippen molar-refractivity contribution >= 4 is 77.4 Å². The third-order valence-electron chi connectivity index (χ3n) is 4.03.